The van der Waals surface area contributed by atoms with Crippen molar-refractivity contribution >= 4 is 5.82 Å². The molecule has 0 fully saturated rings. The quantitative estimate of drug-likeness (QED) is 0.858. The van der Waals surface area contributed by atoms with Gasteiger partial charge in [-0.15, -0.1) is 0 Å². The summed E-state index contributed by atoms with van der Waals surface area (Å²) in [6.45, 7) is 5.90. The Morgan fingerprint density at radius 1 is 1.29 bits per heavy atom. The summed E-state index contributed by atoms with van der Waals surface area (Å²) in [5.74, 6) is 1.11. The van der Waals surface area contributed by atoms with Crippen LogP contribution in [0.4, 0.5) is 5.82 Å². The Morgan fingerprint density at radius 3 is 2.76 bits per heavy atom. The standard InChI is InChI=1S/C13H22N4/c1-10(2)17(8-7-14)13-11-5-3-4-6-12(11)15-9-16-13/h9-10H,3-8,14H2,1-2H3. The van der Waals surface area contributed by atoms with E-state index in [1.165, 1.54) is 24.1 Å². The molecule has 4 nitrogen and oxygen atoms in total. The van der Waals surface area contributed by atoms with Crippen LogP contribution < -0.4 is 10.6 Å². The van der Waals surface area contributed by atoms with E-state index >= 15 is 0 Å². The Morgan fingerprint density at radius 2 is 2.06 bits per heavy atom. The van der Waals surface area contributed by atoms with Gasteiger partial charge in [-0.2, -0.15) is 0 Å². The monoisotopic (exact) mass is 234 g/mol. The van der Waals surface area contributed by atoms with E-state index < -0.39 is 0 Å². The van der Waals surface area contributed by atoms with Gasteiger partial charge < -0.3 is 10.6 Å². The van der Waals surface area contributed by atoms with Crippen molar-refractivity contribution < 1.29 is 0 Å². The minimum Gasteiger partial charge on any atom is -0.353 e. The molecule has 0 bridgehead atoms. The molecule has 0 spiro atoms. The molecule has 0 aromatic carbocycles. The fourth-order valence-corrected chi connectivity index (χ4v) is 2.50. The molecule has 1 heterocycles. The molecule has 0 unspecified atom stereocenters. The zero-order valence-electron chi connectivity index (χ0n) is 10.8. The molecule has 2 N–H and O–H groups in total. The van der Waals surface area contributed by atoms with E-state index in [1.54, 1.807) is 6.33 Å². The lowest BCUT2D eigenvalue weighted by atomic mass is 9.96. The van der Waals surface area contributed by atoms with Crippen molar-refractivity contribution in [3.05, 3.63) is 17.6 Å². The molecule has 0 saturated heterocycles. The van der Waals surface area contributed by atoms with Gasteiger partial charge in [0.1, 0.15) is 12.1 Å². The molecule has 4 heteroatoms. The molecule has 1 aromatic heterocycles. The molecule has 0 amide bonds. The first-order valence-electron chi connectivity index (χ1n) is 6.53. The molecule has 17 heavy (non-hydrogen) atoms. The maximum atomic E-state index is 5.70. The van der Waals surface area contributed by atoms with Gasteiger partial charge in [-0.25, -0.2) is 9.97 Å². The summed E-state index contributed by atoms with van der Waals surface area (Å²) in [5, 5.41) is 0. The first kappa shape index (κ1) is 12.3. The third-order valence-electron chi connectivity index (χ3n) is 3.37. The van der Waals surface area contributed by atoms with Crippen LogP contribution in [0.25, 0.3) is 0 Å². The normalized spacial score (nSPS) is 14.8. The van der Waals surface area contributed by atoms with Crippen LogP contribution in [0.2, 0.25) is 0 Å². The first-order valence-corrected chi connectivity index (χ1v) is 6.53. The van der Waals surface area contributed by atoms with E-state index in [0.717, 1.165) is 25.2 Å². The lowest BCUT2D eigenvalue weighted by molar-refractivity contribution is 0.631. The van der Waals surface area contributed by atoms with Gasteiger partial charge in [-0.05, 0) is 39.5 Å². The summed E-state index contributed by atoms with van der Waals surface area (Å²) in [6, 6.07) is 0.430. The number of aromatic nitrogens is 2. The second kappa shape index (κ2) is 5.45. The van der Waals surface area contributed by atoms with Gasteiger partial charge in [0.15, 0.2) is 0 Å². The third-order valence-corrected chi connectivity index (χ3v) is 3.37. The van der Waals surface area contributed by atoms with E-state index in [0.29, 0.717) is 12.6 Å². The summed E-state index contributed by atoms with van der Waals surface area (Å²) in [7, 11) is 0. The third kappa shape index (κ3) is 2.57. The number of hydrogen-bond donors (Lipinski definition) is 1. The van der Waals surface area contributed by atoms with Gasteiger partial charge in [-0.3, -0.25) is 0 Å². The van der Waals surface area contributed by atoms with Crippen LogP contribution in [0.3, 0.4) is 0 Å². The zero-order valence-corrected chi connectivity index (χ0v) is 10.8. The number of hydrogen-bond acceptors (Lipinski definition) is 4. The van der Waals surface area contributed by atoms with Crippen LogP contribution in [-0.4, -0.2) is 29.1 Å². The largest absolute Gasteiger partial charge is 0.353 e. The Kier molecular flexibility index (Phi) is 3.94. The predicted octanol–water partition coefficient (Wildman–Crippen LogP) is 1.53. The van der Waals surface area contributed by atoms with E-state index in [4.69, 9.17) is 5.73 Å². The van der Waals surface area contributed by atoms with Gasteiger partial charge in [0.05, 0.1) is 0 Å². The Balaban J connectivity index is 2.35. The maximum absolute atomic E-state index is 5.70. The van der Waals surface area contributed by atoms with E-state index in [9.17, 15) is 0 Å². The van der Waals surface area contributed by atoms with Crippen LogP contribution in [-0.2, 0) is 12.8 Å². The van der Waals surface area contributed by atoms with Crippen LogP contribution in [0.5, 0.6) is 0 Å². The summed E-state index contributed by atoms with van der Waals surface area (Å²) in [4.78, 5) is 11.2. The van der Waals surface area contributed by atoms with Crippen molar-refractivity contribution in [1.82, 2.24) is 9.97 Å². The molecule has 1 aliphatic rings. The number of nitrogens with zero attached hydrogens (tertiary/aromatic N) is 3. The molecular formula is C13H22N4. The molecule has 0 radical (unpaired) electrons. The highest BCUT2D eigenvalue weighted by molar-refractivity contribution is 5.50. The van der Waals surface area contributed by atoms with E-state index in [1.807, 2.05) is 0 Å². The van der Waals surface area contributed by atoms with Gasteiger partial charge in [-0.1, -0.05) is 0 Å². The van der Waals surface area contributed by atoms with E-state index in [2.05, 4.69) is 28.7 Å². The first-order chi connectivity index (χ1) is 8.24. The van der Waals surface area contributed by atoms with Crippen molar-refractivity contribution in [3.63, 3.8) is 0 Å². The average Bonchev–Trinajstić information content (AvgIpc) is 2.35. The Bertz CT molecular complexity index is 376. The predicted molar refractivity (Wildman–Crippen MR) is 70.2 cm³/mol. The second-order valence-electron chi connectivity index (χ2n) is 4.91. The lowest BCUT2D eigenvalue weighted by Crippen LogP contribution is -2.37. The zero-order chi connectivity index (χ0) is 12.3. The van der Waals surface area contributed by atoms with Crippen LogP contribution in [0.1, 0.15) is 37.9 Å². The fourth-order valence-electron chi connectivity index (χ4n) is 2.50. The summed E-state index contributed by atoms with van der Waals surface area (Å²) in [5.41, 5.74) is 8.28. The maximum Gasteiger partial charge on any atom is 0.135 e. The molecule has 2 rings (SSSR count). The molecule has 1 aliphatic carbocycles. The highest BCUT2D eigenvalue weighted by Gasteiger charge is 2.20. The van der Waals surface area contributed by atoms with Crippen LogP contribution in [0.15, 0.2) is 6.33 Å². The summed E-state index contributed by atoms with van der Waals surface area (Å²) in [6.07, 6.45) is 6.41. The number of rotatable bonds is 4. The van der Waals surface area contributed by atoms with Crippen LogP contribution >= 0.6 is 0 Å². The molecular weight excluding hydrogens is 212 g/mol. The average molecular weight is 234 g/mol. The van der Waals surface area contributed by atoms with Crippen molar-refractivity contribution in [2.75, 3.05) is 18.0 Å². The molecule has 94 valence electrons. The Hall–Kier alpha value is -1.16. The summed E-state index contributed by atoms with van der Waals surface area (Å²) < 4.78 is 0. The molecule has 0 aliphatic heterocycles. The van der Waals surface area contributed by atoms with Gasteiger partial charge in [0.25, 0.3) is 0 Å². The Labute approximate surface area is 103 Å². The lowest BCUT2D eigenvalue weighted by Gasteiger charge is -2.30. The smallest absolute Gasteiger partial charge is 0.135 e. The van der Waals surface area contributed by atoms with Gasteiger partial charge in [0, 0.05) is 30.4 Å². The number of nitrogens with two attached hydrogens (primary N) is 1. The van der Waals surface area contributed by atoms with Gasteiger partial charge >= 0.3 is 0 Å². The number of aryl methyl sites for hydroxylation is 1. The number of fused-ring (bicyclic) bond motifs is 1. The van der Waals surface area contributed by atoms with Crippen molar-refractivity contribution in [2.24, 2.45) is 5.73 Å². The SMILES string of the molecule is CC(C)N(CCN)c1ncnc2c1CCCC2. The molecule has 1 aromatic rings. The molecule has 0 saturated carbocycles. The minimum atomic E-state index is 0.430. The van der Waals surface area contributed by atoms with Crippen molar-refractivity contribution in [1.29, 1.82) is 0 Å². The minimum absolute atomic E-state index is 0.430. The van der Waals surface area contributed by atoms with Crippen LogP contribution in [0, 0.1) is 0 Å². The van der Waals surface area contributed by atoms with E-state index in [-0.39, 0.29) is 0 Å². The van der Waals surface area contributed by atoms with Gasteiger partial charge in [0.2, 0.25) is 0 Å². The fraction of sp³-hybridized carbons (Fsp3) is 0.692. The number of anilines is 1. The highest BCUT2D eigenvalue weighted by Crippen LogP contribution is 2.27. The van der Waals surface area contributed by atoms with Crippen molar-refractivity contribution in [2.45, 2.75) is 45.6 Å². The summed E-state index contributed by atoms with van der Waals surface area (Å²) >= 11 is 0. The molecule has 0 atom stereocenters. The second-order valence-corrected chi connectivity index (χ2v) is 4.91. The highest BCUT2D eigenvalue weighted by atomic mass is 15.2. The topological polar surface area (TPSA) is 55.0 Å². The van der Waals surface area contributed by atoms with Crippen molar-refractivity contribution in [3.8, 4) is 0 Å².